The highest BCUT2D eigenvalue weighted by atomic mass is 19.1. The average Bonchev–Trinajstić information content (AvgIpc) is 2.53. The smallest absolute Gasteiger partial charge is 0.123 e. The monoisotopic (exact) mass is 264 g/mol. The van der Waals surface area contributed by atoms with Crippen LogP contribution in [0.15, 0.2) is 24.3 Å². The Labute approximate surface area is 116 Å². The first-order chi connectivity index (χ1) is 9.02. The second-order valence-electron chi connectivity index (χ2n) is 6.01. The number of hydrogen-bond acceptors (Lipinski definition) is 2. The van der Waals surface area contributed by atoms with Crippen molar-refractivity contribution in [2.45, 2.75) is 51.7 Å². The van der Waals surface area contributed by atoms with Crippen LogP contribution >= 0.6 is 0 Å². The van der Waals surface area contributed by atoms with Crippen LogP contribution in [0.3, 0.4) is 0 Å². The lowest BCUT2D eigenvalue weighted by Crippen LogP contribution is -2.49. The zero-order valence-corrected chi connectivity index (χ0v) is 12.2. The van der Waals surface area contributed by atoms with Gasteiger partial charge in [0.15, 0.2) is 0 Å². The lowest BCUT2D eigenvalue weighted by atomic mass is 9.98. The van der Waals surface area contributed by atoms with Crippen molar-refractivity contribution in [1.82, 2.24) is 10.2 Å². The van der Waals surface area contributed by atoms with E-state index < -0.39 is 0 Å². The van der Waals surface area contributed by atoms with Gasteiger partial charge >= 0.3 is 0 Å². The van der Waals surface area contributed by atoms with Crippen molar-refractivity contribution in [1.29, 1.82) is 0 Å². The quantitative estimate of drug-likeness (QED) is 0.902. The van der Waals surface area contributed by atoms with E-state index in [-0.39, 0.29) is 11.4 Å². The lowest BCUT2D eigenvalue weighted by Gasteiger charge is -2.35. The predicted molar refractivity (Wildman–Crippen MR) is 77.6 cm³/mol. The molecule has 2 rings (SSSR count). The third kappa shape index (κ3) is 3.77. The van der Waals surface area contributed by atoms with Gasteiger partial charge in [-0.05, 0) is 50.9 Å². The predicted octanol–water partition coefficient (Wildman–Crippen LogP) is 3.18. The number of nitrogens with zero attached hydrogens (tertiary/aromatic N) is 1. The Kier molecular flexibility index (Phi) is 4.58. The molecule has 0 saturated carbocycles. The van der Waals surface area contributed by atoms with Crippen LogP contribution in [0.5, 0.6) is 0 Å². The van der Waals surface area contributed by atoms with Crippen molar-refractivity contribution in [3.8, 4) is 0 Å². The molecule has 1 aliphatic heterocycles. The van der Waals surface area contributed by atoms with E-state index in [0.717, 1.165) is 32.5 Å². The molecule has 106 valence electrons. The summed E-state index contributed by atoms with van der Waals surface area (Å²) in [5.41, 5.74) is 1.37. The fraction of sp³-hybridized carbons (Fsp3) is 0.625. The Bertz CT molecular complexity index is 404. The molecule has 0 bridgehead atoms. The van der Waals surface area contributed by atoms with E-state index in [1.807, 2.05) is 12.1 Å². The average molecular weight is 264 g/mol. The summed E-state index contributed by atoms with van der Waals surface area (Å²) < 4.78 is 13.0. The van der Waals surface area contributed by atoms with Gasteiger partial charge in [-0.15, -0.1) is 0 Å². The summed E-state index contributed by atoms with van der Waals surface area (Å²) >= 11 is 0. The summed E-state index contributed by atoms with van der Waals surface area (Å²) in [6.07, 6.45) is 2.29. The maximum absolute atomic E-state index is 13.0. The van der Waals surface area contributed by atoms with E-state index in [2.05, 4.69) is 31.0 Å². The SMILES string of the molecule is CCC1(C)CN(Cc2ccc(F)cc2)C(C)CCN1. The minimum Gasteiger partial charge on any atom is -0.310 e. The molecule has 3 heteroatoms. The molecule has 1 N–H and O–H groups in total. The van der Waals surface area contributed by atoms with Crippen LogP contribution in [-0.4, -0.2) is 29.6 Å². The Morgan fingerprint density at radius 1 is 1.37 bits per heavy atom. The molecule has 1 saturated heterocycles. The first-order valence-corrected chi connectivity index (χ1v) is 7.26. The van der Waals surface area contributed by atoms with Crippen molar-refractivity contribution in [2.75, 3.05) is 13.1 Å². The maximum Gasteiger partial charge on any atom is 0.123 e. The third-order valence-electron chi connectivity index (χ3n) is 4.37. The lowest BCUT2D eigenvalue weighted by molar-refractivity contribution is 0.163. The first kappa shape index (κ1) is 14.5. The van der Waals surface area contributed by atoms with Gasteiger partial charge in [0.25, 0.3) is 0 Å². The maximum atomic E-state index is 13.0. The summed E-state index contributed by atoms with van der Waals surface area (Å²) in [5, 5.41) is 3.66. The van der Waals surface area contributed by atoms with Crippen molar-refractivity contribution in [3.63, 3.8) is 0 Å². The molecule has 1 aliphatic rings. The van der Waals surface area contributed by atoms with Crippen LogP contribution in [0.25, 0.3) is 0 Å². The van der Waals surface area contributed by atoms with Crippen LogP contribution in [0.4, 0.5) is 4.39 Å². The summed E-state index contributed by atoms with van der Waals surface area (Å²) in [5.74, 6) is -0.160. The molecule has 0 amide bonds. The Balaban J connectivity index is 2.09. The van der Waals surface area contributed by atoms with E-state index in [4.69, 9.17) is 0 Å². The van der Waals surface area contributed by atoms with Crippen molar-refractivity contribution in [3.05, 3.63) is 35.6 Å². The van der Waals surface area contributed by atoms with Gasteiger partial charge in [0.1, 0.15) is 5.82 Å². The Morgan fingerprint density at radius 3 is 2.68 bits per heavy atom. The molecular formula is C16H25FN2. The highest BCUT2D eigenvalue weighted by molar-refractivity contribution is 5.16. The standard InChI is InChI=1S/C16H25FN2/c1-4-16(3)12-19(13(2)9-10-18-16)11-14-5-7-15(17)8-6-14/h5-8,13,18H,4,9-12H2,1-3H3. The summed E-state index contributed by atoms with van der Waals surface area (Å²) in [6.45, 7) is 9.83. The molecule has 1 aromatic carbocycles. The minimum absolute atomic E-state index is 0.160. The van der Waals surface area contributed by atoms with E-state index in [9.17, 15) is 4.39 Å². The summed E-state index contributed by atoms with van der Waals surface area (Å²) in [7, 11) is 0. The zero-order valence-electron chi connectivity index (χ0n) is 12.2. The fourth-order valence-corrected chi connectivity index (χ4v) is 2.70. The van der Waals surface area contributed by atoms with Gasteiger partial charge in [0.05, 0.1) is 0 Å². The fourth-order valence-electron chi connectivity index (χ4n) is 2.70. The van der Waals surface area contributed by atoms with Crippen LogP contribution in [-0.2, 0) is 6.54 Å². The van der Waals surface area contributed by atoms with E-state index in [0.29, 0.717) is 6.04 Å². The summed E-state index contributed by atoms with van der Waals surface area (Å²) in [6, 6.07) is 7.45. The number of benzene rings is 1. The normalized spacial score (nSPS) is 29.2. The molecule has 0 spiro atoms. The summed E-state index contributed by atoms with van der Waals surface area (Å²) in [4.78, 5) is 2.51. The van der Waals surface area contributed by atoms with Crippen molar-refractivity contribution in [2.24, 2.45) is 0 Å². The molecule has 2 atom stereocenters. The van der Waals surface area contributed by atoms with Gasteiger partial charge in [0.2, 0.25) is 0 Å². The van der Waals surface area contributed by atoms with E-state index in [1.165, 1.54) is 5.56 Å². The van der Waals surface area contributed by atoms with E-state index in [1.54, 1.807) is 12.1 Å². The largest absolute Gasteiger partial charge is 0.310 e. The number of halogens is 1. The zero-order chi connectivity index (χ0) is 13.9. The van der Waals surface area contributed by atoms with Crippen molar-refractivity contribution >= 4 is 0 Å². The second kappa shape index (κ2) is 6.02. The third-order valence-corrected chi connectivity index (χ3v) is 4.37. The van der Waals surface area contributed by atoms with Gasteiger partial charge in [-0.3, -0.25) is 4.90 Å². The van der Waals surface area contributed by atoms with Crippen LogP contribution < -0.4 is 5.32 Å². The van der Waals surface area contributed by atoms with Crippen LogP contribution in [0.2, 0.25) is 0 Å². The van der Waals surface area contributed by atoms with Gasteiger partial charge in [-0.1, -0.05) is 19.1 Å². The molecular weight excluding hydrogens is 239 g/mol. The first-order valence-electron chi connectivity index (χ1n) is 7.26. The Morgan fingerprint density at radius 2 is 2.05 bits per heavy atom. The molecule has 2 unspecified atom stereocenters. The number of hydrogen-bond donors (Lipinski definition) is 1. The molecule has 0 radical (unpaired) electrons. The van der Waals surface area contributed by atoms with E-state index >= 15 is 0 Å². The second-order valence-corrected chi connectivity index (χ2v) is 6.01. The molecule has 1 aromatic rings. The number of rotatable bonds is 3. The number of nitrogens with one attached hydrogen (secondary N) is 1. The van der Waals surface area contributed by atoms with Crippen LogP contribution in [0, 0.1) is 5.82 Å². The van der Waals surface area contributed by atoms with Gasteiger partial charge in [0, 0.05) is 24.7 Å². The molecule has 2 nitrogen and oxygen atoms in total. The highest BCUT2D eigenvalue weighted by Gasteiger charge is 2.30. The minimum atomic E-state index is -0.160. The molecule has 0 aliphatic carbocycles. The topological polar surface area (TPSA) is 15.3 Å². The van der Waals surface area contributed by atoms with Gasteiger partial charge in [-0.2, -0.15) is 0 Å². The molecule has 1 fully saturated rings. The molecule has 19 heavy (non-hydrogen) atoms. The van der Waals surface area contributed by atoms with Gasteiger partial charge < -0.3 is 5.32 Å². The molecule has 1 heterocycles. The molecule has 0 aromatic heterocycles. The Hall–Kier alpha value is -0.930. The highest BCUT2D eigenvalue weighted by Crippen LogP contribution is 2.21. The van der Waals surface area contributed by atoms with Crippen molar-refractivity contribution < 1.29 is 4.39 Å². The van der Waals surface area contributed by atoms with Crippen LogP contribution in [0.1, 0.15) is 39.2 Å². The van der Waals surface area contributed by atoms with Gasteiger partial charge in [-0.25, -0.2) is 4.39 Å².